The van der Waals surface area contributed by atoms with Gasteiger partial charge in [-0.05, 0) is 18.2 Å². The number of halogens is 1. The van der Waals surface area contributed by atoms with Crippen LogP contribution < -0.4 is 29.2 Å². The summed E-state index contributed by atoms with van der Waals surface area (Å²) < 4.78 is 21.0. The minimum Gasteiger partial charge on any atom is -0.495 e. The Morgan fingerprint density at radius 3 is 2.27 bits per heavy atom. The van der Waals surface area contributed by atoms with Crippen molar-refractivity contribution in [2.24, 2.45) is 5.92 Å². The summed E-state index contributed by atoms with van der Waals surface area (Å²) in [7, 11) is 6.04. The van der Waals surface area contributed by atoms with Gasteiger partial charge in [0.15, 0.2) is 11.5 Å². The molecule has 1 saturated heterocycles. The molecule has 9 heteroatoms. The van der Waals surface area contributed by atoms with Crippen molar-refractivity contribution in [2.45, 2.75) is 6.42 Å². The topological polar surface area (TPSA) is 86.3 Å². The maximum Gasteiger partial charge on any atom is 0.229 e. The van der Waals surface area contributed by atoms with E-state index in [1.165, 1.54) is 21.3 Å². The number of methoxy groups -OCH3 is 4. The van der Waals surface area contributed by atoms with Crippen LogP contribution in [0.2, 0.25) is 5.02 Å². The first-order chi connectivity index (χ1) is 14.4. The molecule has 3 rings (SSSR count). The van der Waals surface area contributed by atoms with Crippen LogP contribution in [-0.4, -0.2) is 46.8 Å². The van der Waals surface area contributed by atoms with E-state index in [2.05, 4.69) is 5.32 Å². The molecule has 1 aliphatic heterocycles. The molecule has 2 amide bonds. The van der Waals surface area contributed by atoms with Crippen LogP contribution in [0.1, 0.15) is 6.42 Å². The number of nitrogens with zero attached hydrogens (tertiary/aromatic N) is 1. The van der Waals surface area contributed by atoms with Crippen molar-refractivity contribution in [2.75, 3.05) is 45.2 Å². The number of ether oxygens (including phenoxy) is 4. The summed E-state index contributed by atoms with van der Waals surface area (Å²) >= 11 is 6.16. The van der Waals surface area contributed by atoms with Crippen molar-refractivity contribution in [3.63, 3.8) is 0 Å². The Hall–Kier alpha value is -3.13. The van der Waals surface area contributed by atoms with Gasteiger partial charge >= 0.3 is 0 Å². The molecule has 1 heterocycles. The van der Waals surface area contributed by atoms with Gasteiger partial charge in [-0.2, -0.15) is 0 Å². The highest BCUT2D eigenvalue weighted by molar-refractivity contribution is 6.32. The van der Waals surface area contributed by atoms with E-state index in [9.17, 15) is 9.59 Å². The van der Waals surface area contributed by atoms with Crippen molar-refractivity contribution in [3.05, 3.63) is 35.4 Å². The monoisotopic (exact) mass is 434 g/mol. The lowest BCUT2D eigenvalue weighted by atomic mass is 10.1. The van der Waals surface area contributed by atoms with E-state index in [1.807, 2.05) is 0 Å². The van der Waals surface area contributed by atoms with Gasteiger partial charge < -0.3 is 29.2 Å². The minimum atomic E-state index is -0.531. The fraction of sp³-hybridized carbons (Fsp3) is 0.333. The third-order valence-corrected chi connectivity index (χ3v) is 5.20. The molecule has 1 atom stereocenters. The van der Waals surface area contributed by atoms with Crippen molar-refractivity contribution in [3.8, 4) is 23.0 Å². The molecule has 0 bridgehead atoms. The quantitative estimate of drug-likeness (QED) is 0.719. The van der Waals surface area contributed by atoms with E-state index in [-0.39, 0.29) is 24.8 Å². The zero-order chi connectivity index (χ0) is 21.8. The molecule has 0 saturated carbocycles. The number of hydrogen-bond donors (Lipinski definition) is 1. The lowest BCUT2D eigenvalue weighted by molar-refractivity contribution is -0.122. The van der Waals surface area contributed by atoms with Crippen LogP contribution in [0.5, 0.6) is 23.0 Å². The SMILES string of the molecule is COc1cc(OC)c(NC(=O)C2CC(=O)N(c3ccc(OC)c(OC)c3)C2)cc1Cl. The summed E-state index contributed by atoms with van der Waals surface area (Å²) in [5.41, 5.74) is 1.04. The van der Waals surface area contributed by atoms with Crippen molar-refractivity contribution in [1.82, 2.24) is 0 Å². The number of carbonyl (C=O) groups is 2. The molecule has 1 N–H and O–H groups in total. The largest absolute Gasteiger partial charge is 0.495 e. The Balaban J connectivity index is 1.77. The normalized spacial score (nSPS) is 15.7. The Bertz CT molecular complexity index is 965. The smallest absolute Gasteiger partial charge is 0.229 e. The predicted octanol–water partition coefficient (Wildman–Crippen LogP) is 3.37. The van der Waals surface area contributed by atoms with E-state index < -0.39 is 5.92 Å². The Morgan fingerprint density at radius 2 is 1.63 bits per heavy atom. The Kier molecular flexibility index (Phi) is 6.56. The summed E-state index contributed by atoms with van der Waals surface area (Å²) in [5, 5.41) is 3.14. The third-order valence-electron chi connectivity index (χ3n) is 4.91. The molecule has 0 spiro atoms. The molecule has 8 nitrogen and oxygen atoms in total. The fourth-order valence-electron chi connectivity index (χ4n) is 3.32. The van der Waals surface area contributed by atoms with Gasteiger partial charge in [0.2, 0.25) is 11.8 Å². The molecule has 160 valence electrons. The summed E-state index contributed by atoms with van der Waals surface area (Å²) in [4.78, 5) is 27.0. The summed E-state index contributed by atoms with van der Waals surface area (Å²) in [5.74, 6) is 0.927. The van der Waals surface area contributed by atoms with E-state index in [0.717, 1.165) is 0 Å². The number of amides is 2. The standard InChI is InChI=1S/C21H23ClN2O6/c1-27-16-6-5-13(8-19(16)30-4)24-11-12(7-20(24)25)21(26)23-15-9-14(22)17(28-2)10-18(15)29-3/h5-6,8-10,12H,7,11H2,1-4H3,(H,23,26). The molecular formula is C21H23ClN2O6. The number of hydrogen-bond acceptors (Lipinski definition) is 6. The molecule has 0 aliphatic carbocycles. The lowest BCUT2D eigenvalue weighted by Gasteiger charge is -2.19. The number of rotatable bonds is 7. The maximum atomic E-state index is 12.8. The molecule has 2 aromatic rings. The molecule has 1 unspecified atom stereocenters. The first kappa shape index (κ1) is 21.6. The van der Waals surface area contributed by atoms with E-state index in [1.54, 1.807) is 42.3 Å². The first-order valence-corrected chi connectivity index (χ1v) is 9.54. The van der Waals surface area contributed by atoms with Gasteiger partial charge in [0.1, 0.15) is 11.5 Å². The molecular weight excluding hydrogens is 412 g/mol. The molecule has 1 aliphatic rings. The summed E-state index contributed by atoms with van der Waals surface area (Å²) in [6.45, 7) is 0.242. The summed E-state index contributed by atoms with van der Waals surface area (Å²) in [6.07, 6.45) is 0.0897. The first-order valence-electron chi connectivity index (χ1n) is 9.16. The van der Waals surface area contributed by atoms with Crippen LogP contribution in [0.4, 0.5) is 11.4 Å². The van der Waals surface area contributed by atoms with Gasteiger partial charge in [0.25, 0.3) is 0 Å². The molecule has 2 aromatic carbocycles. The average Bonchev–Trinajstić information content (AvgIpc) is 3.15. The number of anilines is 2. The van der Waals surface area contributed by atoms with Gasteiger partial charge in [-0.25, -0.2) is 0 Å². The van der Waals surface area contributed by atoms with E-state index in [4.69, 9.17) is 30.5 Å². The van der Waals surface area contributed by atoms with Gasteiger partial charge in [-0.3, -0.25) is 9.59 Å². The fourth-order valence-corrected chi connectivity index (χ4v) is 3.56. The number of benzene rings is 2. The van der Waals surface area contributed by atoms with E-state index >= 15 is 0 Å². The molecule has 0 aromatic heterocycles. The predicted molar refractivity (Wildman–Crippen MR) is 113 cm³/mol. The minimum absolute atomic E-state index is 0.0897. The van der Waals surface area contributed by atoms with Crippen LogP contribution in [-0.2, 0) is 9.59 Å². The highest BCUT2D eigenvalue weighted by atomic mass is 35.5. The summed E-state index contributed by atoms with van der Waals surface area (Å²) in [6, 6.07) is 8.34. The highest BCUT2D eigenvalue weighted by Gasteiger charge is 2.36. The Labute approximate surface area is 179 Å². The van der Waals surface area contributed by atoms with Gasteiger partial charge in [0.05, 0.1) is 45.1 Å². The molecule has 0 radical (unpaired) electrons. The highest BCUT2D eigenvalue weighted by Crippen LogP contribution is 2.37. The second-order valence-corrected chi connectivity index (χ2v) is 7.03. The van der Waals surface area contributed by atoms with Crippen LogP contribution >= 0.6 is 11.6 Å². The van der Waals surface area contributed by atoms with Crippen LogP contribution in [0.25, 0.3) is 0 Å². The number of nitrogens with one attached hydrogen (secondary N) is 1. The average molecular weight is 435 g/mol. The van der Waals surface area contributed by atoms with Gasteiger partial charge in [0, 0.05) is 30.8 Å². The van der Waals surface area contributed by atoms with E-state index in [0.29, 0.717) is 39.4 Å². The zero-order valence-electron chi connectivity index (χ0n) is 17.2. The Morgan fingerprint density at radius 1 is 0.967 bits per heavy atom. The van der Waals surface area contributed by atoms with Gasteiger partial charge in [-0.15, -0.1) is 0 Å². The maximum absolute atomic E-state index is 12.8. The zero-order valence-corrected chi connectivity index (χ0v) is 17.9. The second kappa shape index (κ2) is 9.13. The van der Waals surface area contributed by atoms with Crippen LogP contribution in [0.3, 0.4) is 0 Å². The van der Waals surface area contributed by atoms with Crippen LogP contribution in [0.15, 0.2) is 30.3 Å². The van der Waals surface area contributed by atoms with Crippen molar-refractivity contribution in [1.29, 1.82) is 0 Å². The van der Waals surface area contributed by atoms with Crippen molar-refractivity contribution < 1.29 is 28.5 Å². The van der Waals surface area contributed by atoms with Crippen LogP contribution in [0, 0.1) is 5.92 Å². The second-order valence-electron chi connectivity index (χ2n) is 6.62. The number of carbonyl (C=O) groups excluding carboxylic acids is 2. The molecule has 30 heavy (non-hydrogen) atoms. The third kappa shape index (κ3) is 4.23. The van der Waals surface area contributed by atoms with Crippen molar-refractivity contribution >= 4 is 34.8 Å². The molecule has 1 fully saturated rings. The lowest BCUT2D eigenvalue weighted by Crippen LogP contribution is -2.28. The van der Waals surface area contributed by atoms with Gasteiger partial charge in [-0.1, -0.05) is 11.6 Å².